The number of carbonyl (C=O) groups is 1. The molecule has 0 radical (unpaired) electrons. The Bertz CT molecular complexity index is 557. The van der Waals surface area contributed by atoms with Crippen LogP contribution in [0.15, 0.2) is 54.6 Å². The minimum Gasteiger partial charge on any atom is -0.299 e. The highest BCUT2D eigenvalue weighted by molar-refractivity contribution is 5.88. The van der Waals surface area contributed by atoms with E-state index in [-0.39, 0.29) is 5.92 Å². The molecule has 1 atom stereocenters. The standard InChI is InChI=1S/C17H16O/c18-17(11-10-13-6-2-1-3-7-13)16-12-14-8-4-5-9-15(14)16/h1-9,16H,10-12H2. The second kappa shape index (κ2) is 4.77. The van der Waals surface area contributed by atoms with Crippen LogP contribution in [0.1, 0.15) is 29.0 Å². The van der Waals surface area contributed by atoms with Crippen LogP contribution < -0.4 is 0 Å². The van der Waals surface area contributed by atoms with Gasteiger partial charge in [0.25, 0.3) is 0 Å². The summed E-state index contributed by atoms with van der Waals surface area (Å²) >= 11 is 0. The van der Waals surface area contributed by atoms with E-state index in [1.54, 1.807) is 0 Å². The number of ketones is 1. The number of fused-ring (bicyclic) bond motifs is 1. The second-order valence-electron chi connectivity index (χ2n) is 4.91. The molecule has 90 valence electrons. The van der Waals surface area contributed by atoms with Crippen LogP contribution in [-0.2, 0) is 17.6 Å². The Morgan fingerprint density at radius 2 is 1.72 bits per heavy atom. The quantitative estimate of drug-likeness (QED) is 0.793. The molecular weight excluding hydrogens is 220 g/mol. The van der Waals surface area contributed by atoms with Crippen LogP contribution in [-0.4, -0.2) is 5.78 Å². The smallest absolute Gasteiger partial charge is 0.141 e. The summed E-state index contributed by atoms with van der Waals surface area (Å²) < 4.78 is 0. The molecule has 1 aliphatic rings. The predicted molar refractivity (Wildman–Crippen MR) is 72.7 cm³/mol. The van der Waals surface area contributed by atoms with Crippen molar-refractivity contribution < 1.29 is 4.79 Å². The third-order valence-corrected chi connectivity index (χ3v) is 3.75. The van der Waals surface area contributed by atoms with E-state index in [0.717, 1.165) is 12.8 Å². The number of benzene rings is 2. The zero-order chi connectivity index (χ0) is 12.4. The Morgan fingerprint density at radius 3 is 2.50 bits per heavy atom. The van der Waals surface area contributed by atoms with Gasteiger partial charge in [-0.15, -0.1) is 0 Å². The number of hydrogen-bond donors (Lipinski definition) is 0. The molecule has 2 aromatic rings. The van der Waals surface area contributed by atoms with Crippen molar-refractivity contribution in [3.05, 3.63) is 71.3 Å². The number of Topliss-reactive ketones (excluding diaryl/α,β-unsaturated/α-hetero) is 1. The predicted octanol–water partition coefficient (Wildman–Crippen LogP) is 3.53. The third-order valence-electron chi connectivity index (χ3n) is 3.75. The first kappa shape index (κ1) is 11.2. The van der Waals surface area contributed by atoms with Crippen LogP contribution in [0.2, 0.25) is 0 Å². The van der Waals surface area contributed by atoms with Gasteiger partial charge in [0.05, 0.1) is 0 Å². The van der Waals surface area contributed by atoms with Crippen molar-refractivity contribution in [2.75, 3.05) is 0 Å². The van der Waals surface area contributed by atoms with Gasteiger partial charge in [0.2, 0.25) is 0 Å². The minimum atomic E-state index is 0.157. The SMILES string of the molecule is O=C(CCc1ccccc1)C1Cc2ccccc21. The average Bonchev–Trinajstić information content (AvgIpc) is 2.39. The zero-order valence-corrected chi connectivity index (χ0v) is 10.3. The van der Waals surface area contributed by atoms with E-state index in [1.165, 1.54) is 16.7 Å². The molecule has 3 rings (SSSR count). The molecule has 1 aliphatic carbocycles. The summed E-state index contributed by atoms with van der Waals surface area (Å²) in [5.41, 5.74) is 3.84. The lowest BCUT2D eigenvalue weighted by molar-refractivity contribution is -0.121. The molecule has 0 fully saturated rings. The van der Waals surface area contributed by atoms with Gasteiger partial charge in [-0.25, -0.2) is 0 Å². The molecule has 0 heterocycles. The first-order valence-corrected chi connectivity index (χ1v) is 6.49. The zero-order valence-electron chi connectivity index (χ0n) is 10.3. The van der Waals surface area contributed by atoms with Gasteiger partial charge in [-0.2, -0.15) is 0 Å². The molecule has 0 N–H and O–H groups in total. The largest absolute Gasteiger partial charge is 0.299 e. The second-order valence-corrected chi connectivity index (χ2v) is 4.91. The highest BCUT2D eigenvalue weighted by atomic mass is 16.1. The van der Waals surface area contributed by atoms with E-state index in [9.17, 15) is 4.79 Å². The average molecular weight is 236 g/mol. The maximum atomic E-state index is 12.2. The fourth-order valence-corrected chi connectivity index (χ4v) is 2.63. The summed E-state index contributed by atoms with van der Waals surface area (Å²) in [6, 6.07) is 18.5. The van der Waals surface area contributed by atoms with Crippen LogP contribution in [0.25, 0.3) is 0 Å². The van der Waals surface area contributed by atoms with Crippen LogP contribution >= 0.6 is 0 Å². The lowest BCUT2D eigenvalue weighted by Crippen LogP contribution is -2.25. The molecule has 18 heavy (non-hydrogen) atoms. The normalized spacial score (nSPS) is 16.8. The van der Waals surface area contributed by atoms with Crippen LogP contribution in [0.3, 0.4) is 0 Å². The molecule has 0 bridgehead atoms. The molecule has 0 aliphatic heterocycles. The van der Waals surface area contributed by atoms with Crippen LogP contribution in [0.5, 0.6) is 0 Å². The summed E-state index contributed by atoms with van der Waals surface area (Å²) in [6.07, 6.45) is 2.45. The van der Waals surface area contributed by atoms with Gasteiger partial charge in [-0.05, 0) is 29.5 Å². The van der Waals surface area contributed by atoms with Crippen molar-refractivity contribution >= 4 is 5.78 Å². The van der Waals surface area contributed by atoms with Gasteiger partial charge in [-0.1, -0.05) is 54.6 Å². The fourth-order valence-electron chi connectivity index (χ4n) is 2.63. The number of aryl methyl sites for hydroxylation is 1. The van der Waals surface area contributed by atoms with Gasteiger partial charge in [0, 0.05) is 12.3 Å². The third kappa shape index (κ3) is 2.08. The molecule has 0 amide bonds. The van der Waals surface area contributed by atoms with Gasteiger partial charge >= 0.3 is 0 Å². The van der Waals surface area contributed by atoms with Crippen molar-refractivity contribution in [2.45, 2.75) is 25.2 Å². The summed E-state index contributed by atoms with van der Waals surface area (Å²) in [5, 5.41) is 0. The highest BCUT2D eigenvalue weighted by Gasteiger charge is 2.30. The topological polar surface area (TPSA) is 17.1 Å². The highest BCUT2D eigenvalue weighted by Crippen LogP contribution is 2.36. The summed E-state index contributed by atoms with van der Waals surface area (Å²) in [7, 11) is 0. The maximum absolute atomic E-state index is 12.2. The van der Waals surface area contributed by atoms with E-state index in [4.69, 9.17) is 0 Å². The van der Waals surface area contributed by atoms with Gasteiger partial charge in [-0.3, -0.25) is 4.79 Å². The van der Waals surface area contributed by atoms with Crippen molar-refractivity contribution in [1.82, 2.24) is 0 Å². The Hall–Kier alpha value is -1.89. The van der Waals surface area contributed by atoms with Gasteiger partial charge in [0.15, 0.2) is 0 Å². The first-order chi connectivity index (χ1) is 8.84. The molecule has 0 saturated heterocycles. The number of hydrogen-bond acceptors (Lipinski definition) is 1. The fraction of sp³-hybridized carbons (Fsp3) is 0.235. The summed E-state index contributed by atoms with van der Waals surface area (Å²) in [6.45, 7) is 0. The molecular formula is C17H16O. The Balaban J connectivity index is 1.61. The minimum absolute atomic E-state index is 0.157. The molecule has 2 aromatic carbocycles. The van der Waals surface area contributed by atoms with Crippen LogP contribution in [0, 0.1) is 0 Å². The maximum Gasteiger partial charge on any atom is 0.141 e. The first-order valence-electron chi connectivity index (χ1n) is 6.49. The van der Waals surface area contributed by atoms with Crippen molar-refractivity contribution in [3.63, 3.8) is 0 Å². The lowest BCUT2D eigenvalue weighted by Gasteiger charge is -2.28. The van der Waals surface area contributed by atoms with Crippen molar-refractivity contribution in [1.29, 1.82) is 0 Å². The monoisotopic (exact) mass is 236 g/mol. The molecule has 1 nitrogen and oxygen atoms in total. The molecule has 1 unspecified atom stereocenters. The van der Waals surface area contributed by atoms with E-state index in [2.05, 4.69) is 24.3 Å². The molecule has 0 spiro atoms. The Labute approximate surface area is 107 Å². The Morgan fingerprint density at radius 1 is 1.00 bits per heavy atom. The molecule has 0 aromatic heterocycles. The van der Waals surface area contributed by atoms with Gasteiger partial charge in [0.1, 0.15) is 5.78 Å². The van der Waals surface area contributed by atoms with E-state index in [0.29, 0.717) is 12.2 Å². The lowest BCUT2D eigenvalue weighted by atomic mass is 9.74. The van der Waals surface area contributed by atoms with E-state index in [1.807, 2.05) is 30.3 Å². The summed E-state index contributed by atoms with van der Waals surface area (Å²) in [5.74, 6) is 0.544. The van der Waals surface area contributed by atoms with E-state index >= 15 is 0 Å². The Kier molecular flexibility index (Phi) is 2.97. The number of rotatable bonds is 4. The van der Waals surface area contributed by atoms with E-state index < -0.39 is 0 Å². The molecule has 1 heteroatoms. The van der Waals surface area contributed by atoms with Crippen molar-refractivity contribution in [2.24, 2.45) is 0 Å². The number of carbonyl (C=O) groups excluding carboxylic acids is 1. The molecule has 0 saturated carbocycles. The van der Waals surface area contributed by atoms with Crippen molar-refractivity contribution in [3.8, 4) is 0 Å². The van der Waals surface area contributed by atoms with Crippen LogP contribution in [0.4, 0.5) is 0 Å². The summed E-state index contributed by atoms with van der Waals surface area (Å²) in [4.78, 5) is 12.2. The van der Waals surface area contributed by atoms with Gasteiger partial charge < -0.3 is 0 Å².